The van der Waals surface area contributed by atoms with E-state index in [1.807, 2.05) is 0 Å². The lowest BCUT2D eigenvalue weighted by molar-refractivity contribution is 0.707. The molecule has 3 heteroatoms. The van der Waals surface area contributed by atoms with Gasteiger partial charge in [-0.2, -0.15) is 0 Å². The van der Waals surface area contributed by atoms with E-state index in [1.165, 1.54) is 0 Å². The second kappa shape index (κ2) is 5.13. The zero-order chi connectivity index (χ0) is 8.85. The van der Waals surface area contributed by atoms with E-state index >= 15 is 0 Å². The highest BCUT2D eigenvalue weighted by Crippen LogP contribution is 2.04. The first-order valence-corrected chi connectivity index (χ1v) is 3.61. The van der Waals surface area contributed by atoms with Crippen LogP contribution >= 0.6 is 11.6 Å². The monoisotopic (exact) mass is 172 g/mol. The Bertz CT molecular complexity index is 183. The van der Waals surface area contributed by atoms with E-state index in [9.17, 15) is 0 Å². The molecule has 0 saturated carbocycles. The molecule has 0 aliphatic rings. The van der Waals surface area contributed by atoms with Crippen molar-refractivity contribution in [2.24, 2.45) is 11.5 Å². The van der Waals surface area contributed by atoms with E-state index in [4.69, 9.17) is 23.1 Å². The number of allylic oxidation sites excluding steroid dienone is 3. The number of rotatable bonds is 4. The molecule has 0 unspecified atom stereocenters. The average molecular weight is 173 g/mol. The maximum Gasteiger partial charge on any atom is 0.0562 e. The van der Waals surface area contributed by atoms with Gasteiger partial charge in [-0.05, 0) is 12.5 Å². The molecule has 0 radical (unpaired) electrons. The van der Waals surface area contributed by atoms with Crippen LogP contribution in [0, 0.1) is 0 Å². The molecule has 0 aromatic heterocycles. The molecule has 0 spiro atoms. The fraction of sp³-hybridized carbons (Fsp3) is 0.250. The van der Waals surface area contributed by atoms with E-state index in [0.29, 0.717) is 11.5 Å². The van der Waals surface area contributed by atoms with Crippen molar-refractivity contribution >= 4 is 11.6 Å². The van der Waals surface area contributed by atoms with Crippen LogP contribution in [0.5, 0.6) is 0 Å². The first kappa shape index (κ1) is 10.4. The van der Waals surface area contributed by atoms with Gasteiger partial charge in [-0.1, -0.05) is 36.4 Å². The lowest BCUT2D eigenvalue weighted by Gasteiger charge is -2.03. The highest BCUT2D eigenvalue weighted by molar-refractivity contribution is 6.30. The Morgan fingerprint density at radius 1 is 1.36 bits per heavy atom. The molecule has 11 heavy (non-hydrogen) atoms. The molecule has 0 heterocycles. The van der Waals surface area contributed by atoms with Crippen LogP contribution in [0.3, 0.4) is 0 Å². The molecule has 0 atom stereocenters. The molecule has 0 fully saturated rings. The van der Waals surface area contributed by atoms with Crippen molar-refractivity contribution in [3.8, 4) is 0 Å². The Kier molecular flexibility index (Phi) is 4.86. The fourth-order valence-electron chi connectivity index (χ4n) is 0.579. The Balaban J connectivity index is 3.78. The zero-order valence-corrected chi connectivity index (χ0v) is 7.14. The fourth-order valence-corrected chi connectivity index (χ4v) is 0.642. The molecule has 0 rings (SSSR count). The summed E-state index contributed by atoms with van der Waals surface area (Å²) in [6.07, 6.45) is 3.63. The van der Waals surface area contributed by atoms with Crippen LogP contribution in [0.15, 0.2) is 35.9 Å². The summed E-state index contributed by atoms with van der Waals surface area (Å²) >= 11 is 5.47. The number of hydrogen-bond donors (Lipinski definition) is 2. The van der Waals surface area contributed by atoms with Crippen molar-refractivity contribution < 1.29 is 0 Å². The summed E-state index contributed by atoms with van der Waals surface area (Å²) < 4.78 is 0. The van der Waals surface area contributed by atoms with E-state index < -0.39 is 0 Å². The molecule has 0 bridgehead atoms. The maximum absolute atomic E-state index is 5.47. The highest BCUT2D eigenvalue weighted by Gasteiger charge is 1.94. The third kappa shape index (κ3) is 7.33. The normalized spacial score (nSPS) is 10.9. The SMILES string of the molecule is C=C(Cl)/C=C\C(=C)CC(N)N. The average Bonchev–Trinajstić information content (AvgIpc) is 1.82. The Morgan fingerprint density at radius 2 is 1.91 bits per heavy atom. The van der Waals surface area contributed by atoms with Gasteiger partial charge in [-0.15, -0.1) is 0 Å². The summed E-state index contributed by atoms with van der Waals surface area (Å²) in [6.45, 7) is 7.20. The third-order valence-electron chi connectivity index (χ3n) is 0.998. The molecule has 4 N–H and O–H groups in total. The van der Waals surface area contributed by atoms with E-state index in [2.05, 4.69) is 13.2 Å². The quantitative estimate of drug-likeness (QED) is 0.499. The van der Waals surface area contributed by atoms with Crippen molar-refractivity contribution in [1.82, 2.24) is 0 Å². The van der Waals surface area contributed by atoms with Crippen LogP contribution in [-0.4, -0.2) is 6.17 Å². The minimum atomic E-state index is -0.351. The molecule has 0 aliphatic heterocycles. The lowest BCUT2D eigenvalue weighted by Crippen LogP contribution is -2.30. The first-order chi connectivity index (χ1) is 5.02. The van der Waals surface area contributed by atoms with Gasteiger partial charge in [0, 0.05) is 5.03 Å². The molecular weight excluding hydrogens is 160 g/mol. The van der Waals surface area contributed by atoms with E-state index in [0.717, 1.165) is 5.57 Å². The van der Waals surface area contributed by atoms with Crippen molar-refractivity contribution in [3.05, 3.63) is 35.9 Å². The standard InChI is InChI=1S/C8H13ClN2/c1-6(5-8(10)11)3-4-7(2)9/h3-4,8H,1-2,5,10-11H2/b4-3-. The highest BCUT2D eigenvalue weighted by atomic mass is 35.5. The van der Waals surface area contributed by atoms with Crippen LogP contribution in [0.25, 0.3) is 0 Å². The van der Waals surface area contributed by atoms with Gasteiger partial charge >= 0.3 is 0 Å². The second-order valence-corrected chi connectivity index (χ2v) is 2.79. The molecule has 0 saturated heterocycles. The van der Waals surface area contributed by atoms with Crippen molar-refractivity contribution in [1.29, 1.82) is 0 Å². The van der Waals surface area contributed by atoms with E-state index in [-0.39, 0.29) is 6.17 Å². The van der Waals surface area contributed by atoms with Crippen LogP contribution in [-0.2, 0) is 0 Å². The molecule has 0 aromatic rings. The van der Waals surface area contributed by atoms with Gasteiger partial charge < -0.3 is 11.5 Å². The molecule has 0 aliphatic carbocycles. The van der Waals surface area contributed by atoms with Crippen molar-refractivity contribution in [3.63, 3.8) is 0 Å². The maximum atomic E-state index is 5.47. The molecule has 0 aromatic carbocycles. The van der Waals surface area contributed by atoms with Gasteiger partial charge in [0.15, 0.2) is 0 Å². The van der Waals surface area contributed by atoms with Crippen molar-refractivity contribution in [2.45, 2.75) is 12.6 Å². The minimum Gasteiger partial charge on any atom is -0.316 e. The van der Waals surface area contributed by atoms with Crippen LogP contribution < -0.4 is 11.5 Å². The second-order valence-electron chi connectivity index (χ2n) is 2.31. The molecular formula is C8H13ClN2. The predicted octanol–water partition coefficient (Wildman–Crippen LogP) is 1.48. The molecule has 2 nitrogen and oxygen atoms in total. The van der Waals surface area contributed by atoms with Gasteiger partial charge in [0.1, 0.15) is 0 Å². The molecule has 0 amide bonds. The van der Waals surface area contributed by atoms with Crippen LogP contribution in [0.1, 0.15) is 6.42 Å². The third-order valence-corrected chi connectivity index (χ3v) is 1.12. The molecule has 62 valence electrons. The van der Waals surface area contributed by atoms with Gasteiger partial charge in [0.2, 0.25) is 0 Å². The largest absolute Gasteiger partial charge is 0.316 e. The van der Waals surface area contributed by atoms with Crippen molar-refractivity contribution in [2.75, 3.05) is 0 Å². The summed E-state index contributed by atoms with van der Waals surface area (Å²) in [5.41, 5.74) is 11.5. The lowest BCUT2D eigenvalue weighted by atomic mass is 10.2. The smallest absolute Gasteiger partial charge is 0.0562 e. The Hall–Kier alpha value is -0.570. The Labute approximate surface area is 72.2 Å². The number of halogens is 1. The van der Waals surface area contributed by atoms with E-state index in [1.54, 1.807) is 12.2 Å². The Morgan fingerprint density at radius 3 is 2.27 bits per heavy atom. The number of nitrogens with two attached hydrogens (primary N) is 2. The zero-order valence-electron chi connectivity index (χ0n) is 6.39. The van der Waals surface area contributed by atoms with Gasteiger partial charge in [0.05, 0.1) is 6.17 Å². The first-order valence-electron chi connectivity index (χ1n) is 3.24. The minimum absolute atomic E-state index is 0.351. The summed E-state index contributed by atoms with van der Waals surface area (Å²) in [4.78, 5) is 0. The summed E-state index contributed by atoms with van der Waals surface area (Å²) in [7, 11) is 0. The summed E-state index contributed by atoms with van der Waals surface area (Å²) in [5, 5.41) is 0.469. The van der Waals surface area contributed by atoms with Crippen LogP contribution in [0.4, 0.5) is 0 Å². The van der Waals surface area contributed by atoms with Gasteiger partial charge in [0.25, 0.3) is 0 Å². The van der Waals surface area contributed by atoms with Gasteiger partial charge in [-0.3, -0.25) is 0 Å². The summed E-state index contributed by atoms with van der Waals surface area (Å²) in [6, 6.07) is 0. The van der Waals surface area contributed by atoms with Crippen LogP contribution in [0.2, 0.25) is 0 Å². The predicted molar refractivity (Wildman–Crippen MR) is 50.1 cm³/mol. The topological polar surface area (TPSA) is 52.0 Å². The van der Waals surface area contributed by atoms with Gasteiger partial charge in [-0.25, -0.2) is 0 Å². The number of hydrogen-bond acceptors (Lipinski definition) is 2. The summed E-state index contributed by atoms with van der Waals surface area (Å²) in [5.74, 6) is 0.